The molecule has 4 heteroatoms. The zero-order valence-corrected chi connectivity index (χ0v) is 13.8. The molecular weight excluding hydrogens is 300 g/mol. The lowest BCUT2D eigenvalue weighted by Gasteiger charge is -2.22. The number of nitrogens with one attached hydrogen (secondary N) is 2. The highest BCUT2D eigenvalue weighted by molar-refractivity contribution is 5.94. The Morgan fingerprint density at radius 2 is 1.88 bits per heavy atom. The molecule has 1 aliphatic rings. The van der Waals surface area contributed by atoms with Gasteiger partial charge in [0.1, 0.15) is 5.75 Å². The Kier molecular flexibility index (Phi) is 5.85. The molecule has 2 aromatic carbocycles. The third kappa shape index (κ3) is 4.83. The summed E-state index contributed by atoms with van der Waals surface area (Å²) >= 11 is 0. The van der Waals surface area contributed by atoms with Crippen molar-refractivity contribution in [3.63, 3.8) is 0 Å². The van der Waals surface area contributed by atoms with Crippen molar-refractivity contribution >= 4 is 5.91 Å². The Morgan fingerprint density at radius 3 is 2.67 bits per heavy atom. The highest BCUT2D eigenvalue weighted by Crippen LogP contribution is 2.17. The molecule has 126 valence electrons. The van der Waals surface area contributed by atoms with E-state index in [9.17, 15) is 4.79 Å². The van der Waals surface area contributed by atoms with Crippen LogP contribution in [-0.2, 0) is 6.54 Å². The first-order valence-corrected chi connectivity index (χ1v) is 8.57. The molecule has 1 amide bonds. The summed E-state index contributed by atoms with van der Waals surface area (Å²) in [7, 11) is 0. The van der Waals surface area contributed by atoms with E-state index in [0.717, 1.165) is 43.9 Å². The fourth-order valence-electron chi connectivity index (χ4n) is 2.87. The summed E-state index contributed by atoms with van der Waals surface area (Å²) in [6.07, 6.45) is 2.30. The van der Waals surface area contributed by atoms with Crippen molar-refractivity contribution in [2.45, 2.75) is 19.4 Å². The second-order valence-electron chi connectivity index (χ2n) is 6.20. The normalized spacial score (nSPS) is 15.0. The van der Waals surface area contributed by atoms with Crippen LogP contribution in [0.15, 0.2) is 54.6 Å². The summed E-state index contributed by atoms with van der Waals surface area (Å²) < 4.78 is 5.89. The minimum absolute atomic E-state index is 0.0776. The van der Waals surface area contributed by atoms with E-state index in [-0.39, 0.29) is 5.91 Å². The lowest BCUT2D eigenvalue weighted by Crippen LogP contribution is -2.30. The summed E-state index contributed by atoms with van der Waals surface area (Å²) in [6.45, 7) is 3.38. The van der Waals surface area contributed by atoms with Crippen LogP contribution in [0.25, 0.3) is 0 Å². The molecule has 1 saturated heterocycles. The Bertz CT molecular complexity index is 652. The number of hydrogen-bond donors (Lipinski definition) is 2. The SMILES string of the molecule is O=C(NCc1ccccc1)c1cccc(OCC2CCNCC2)c1. The quantitative estimate of drug-likeness (QED) is 0.859. The van der Waals surface area contributed by atoms with Crippen molar-refractivity contribution in [1.29, 1.82) is 0 Å². The van der Waals surface area contributed by atoms with Gasteiger partial charge in [-0.2, -0.15) is 0 Å². The molecule has 0 saturated carbocycles. The van der Waals surface area contributed by atoms with Gasteiger partial charge < -0.3 is 15.4 Å². The summed E-state index contributed by atoms with van der Waals surface area (Å²) in [6, 6.07) is 17.3. The first-order chi connectivity index (χ1) is 11.8. The number of rotatable bonds is 6. The monoisotopic (exact) mass is 324 g/mol. The number of amides is 1. The Labute approximate surface area is 143 Å². The topological polar surface area (TPSA) is 50.4 Å². The van der Waals surface area contributed by atoms with Crippen molar-refractivity contribution in [1.82, 2.24) is 10.6 Å². The van der Waals surface area contributed by atoms with E-state index in [0.29, 0.717) is 18.0 Å². The average molecular weight is 324 g/mol. The molecule has 1 fully saturated rings. The van der Waals surface area contributed by atoms with E-state index in [1.165, 1.54) is 0 Å². The van der Waals surface area contributed by atoms with Crippen LogP contribution < -0.4 is 15.4 Å². The number of piperidine rings is 1. The van der Waals surface area contributed by atoms with Crippen LogP contribution in [0.2, 0.25) is 0 Å². The molecule has 1 heterocycles. The van der Waals surface area contributed by atoms with Crippen molar-refractivity contribution < 1.29 is 9.53 Å². The van der Waals surface area contributed by atoms with Gasteiger partial charge in [-0.1, -0.05) is 36.4 Å². The van der Waals surface area contributed by atoms with E-state index in [2.05, 4.69) is 10.6 Å². The molecule has 0 radical (unpaired) electrons. The number of benzene rings is 2. The third-order valence-electron chi connectivity index (χ3n) is 4.34. The van der Waals surface area contributed by atoms with Crippen molar-refractivity contribution in [3.8, 4) is 5.75 Å². The molecule has 0 atom stereocenters. The maximum absolute atomic E-state index is 12.3. The van der Waals surface area contributed by atoms with Gasteiger partial charge in [-0.25, -0.2) is 0 Å². The summed E-state index contributed by atoms with van der Waals surface area (Å²) in [5, 5.41) is 6.30. The number of hydrogen-bond acceptors (Lipinski definition) is 3. The van der Waals surface area contributed by atoms with Crippen molar-refractivity contribution in [2.24, 2.45) is 5.92 Å². The summed E-state index contributed by atoms with van der Waals surface area (Å²) in [5.74, 6) is 1.29. The second kappa shape index (κ2) is 8.50. The van der Waals surface area contributed by atoms with E-state index < -0.39 is 0 Å². The van der Waals surface area contributed by atoms with Crippen LogP contribution in [-0.4, -0.2) is 25.6 Å². The molecule has 0 bridgehead atoms. The molecule has 0 spiro atoms. The van der Waals surface area contributed by atoms with Gasteiger partial charge in [-0.15, -0.1) is 0 Å². The summed E-state index contributed by atoms with van der Waals surface area (Å²) in [4.78, 5) is 12.3. The zero-order chi connectivity index (χ0) is 16.6. The van der Waals surface area contributed by atoms with Crippen LogP contribution in [0, 0.1) is 5.92 Å². The smallest absolute Gasteiger partial charge is 0.251 e. The van der Waals surface area contributed by atoms with Crippen LogP contribution in [0.3, 0.4) is 0 Å². The van der Waals surface area contributed by atoms with Gasteiger partial charge in [-0.3, -0.25) is 4.79 Å². The van der Waals surface area contributed by atoms with Crippen molar-refractivity contribution in [2.75, 3.05) is 19.7 Å². The number of carbonyl (C=O) groups excluding carboxylic acids is 1. The van der Waals surface area contributed by atoms with Crippen LogP contribution >= 0.6 is 0 Å². The number of ether oxygens (including phenoxy) is 1. The third-order valence-corrected chi connectivity index (χ3v) is 4.34. The van der Waals surface area contributed by atoms with E-state index in [1.54, 1.807) is 0 Å². The molecular formula is C20H24N2O2. The zero-order valence-electron chi connectivity index (χ0n) is 13.8. The molecule has 3 rings (SSSR count). The largest absolute Gasteiger partial charge is 0.493 e. The fraction of sp³-hybridized carbons (Fsp3) is 0.350. The maximum Gasteiger partial charge on any atom is 0.251 e. The van der Waals surface area contributed by atoms with Gasteiger partial charge in [0.2, 0.25) is 0 Å². The van der Waals surface area contributed by atoms with Gasteiger partial charge >= 0.3 is 0 Å². The predicted molar refractivity (Wildman–Crippen MR) is 95.1 cm³/mol. The molecule has 0 unspecified atom stereocenters. The highest BCUT2D eigenvalue weighted by atomic mass is 16.5. The first-order valence-electron chi connectivity index (χ1n) is 8.57. The molecule has 24 heavy (non-hydrogen) atoms. The van der Waals surface area contributed by atoms with Crippen LogP contribution in [0.1, 0.15) is 28.8 Å². The van der Waals surface area contributed by atoms with E-state index in [1.807, 2.05) is 54.6 Å². The highest BCUT2D eigenvalue weighted by Gasteiger charge is 2.14. The molecule has 0 aliphatic carbocycles. The van der Waals surface area contributed by atoms with Gasteiger partial charge in [0.15, 0.2) is 0 Å². The minimum Gasteiger partial charge on any atom is -0.493 e. The van der Waals surface area contributed by atoms with Gasteiger partial charge in [0.25, 0.3) is 5.91 Å². The first kappa shape index (κ1) is 16.5. The molecule has 0 aromatic heterocycles. The molecule has 1 aliphatic heterocycles. The summed E-state index contributed by atoms with van der Waals surface area (Å²) in [5.41, 5.74) is 1.72. The molecule has 4 nitrogen and oxygen atoms in total. The lowest BCUT2D eigenvalue weighted by molar-refractivity contribution is 0.0950. The standard InChI is InChI=1S/C20H24N2O2/c23-20(22-14-16-5-2-1-3-6-16)18-7-4-8-19(13-18)24-15-17-9-11-21-12-10-17/h1-8,13,17,21H,9-12,14-15H2,(H,22,23). The van der Waals surface area contributed by atoms with Gasteiger partial charge in [0.05, 0.1) is 6.61 Å². The van der Waals surface area contributed by atoms with Crippen LogP contribution in [0.5, 0.6) is 5.75 Å². The Balaban J connectivity index is 1.52. The predicted octanol–water partition coefficient (Wildman–Crippen LogP) is 3.00. The van der Waals surface area contributed by atoms with E-state index >= 15 is 0 Å². The fourth-order valence-corrected chi connectivity index (χ4v) is 2.87. The minimum atomic E-state index is -0.0776. The van der Waals surface area contributed by atoms with Gasteiger partial charge in [-0.05, 0) is 55.6 Å². The second-order valence-corrected chi connectivity index (χ2v) is 6.20. The lowest BCUT2D eigenvalue weighted by atomic mass is 9.99. The van der Waals surface area contributed by atoms with Gasteiger partial charge in [0, 0.05) is 12.1 Å². The molecule has 2 aromatic rings. The average Bonchev–Trinajstić information content (AvgIpc) is 2.66. The van der Waals surface area contributed by atoms with Crippen LogP contribution in [0.4, 0.5) is 0 Å². The van der Waals surface area contributed by atoms with E-state index in [4.69, 9.17) is 4.74 Å². The number of carbonyl (C=O) groups is 1. The Morgan fingerprint density at radius 1 is 1.08 bits per heavy atom. The maximum atomic E-state index is 12.3. The van der Waals surface area contributed by atoms with Crippen molar-refractivity contribution in [3.05, 3.63) is 65.7 Å². The molecule has 2 N–H and O–H groups in total. The Hall–Kier alpha value is -2.33.